The van der Waals surface area contributed by atoms with Crippen molar-refractivity contribution in [3.8, 4) is 17.2 Å². The van der Waals surface area contributed by atoms with Crippen molar-refractivity contribution in [2.45, 2.75) is 19.8 Å². The normalized spacial score (nSPS) is 10.5. The zero-order chi connectivity index (χ0) is 24.5. The molecule has 3 aromatic carbocycles. The number of carbonyl (C=O) groups is 2. The van der Waals surface area contributed by atoms with E-state index in [0.29, 0.717) is 50.0 Å². The van der Waals surface area contributed by atoms with Gasteiger partial charge in [0.1, 0.15) is 5.75 Å². The molecule has 178 valence electrons. The van der Waals surface area contributed by atoms with Crippen molar-refractivity contribution in [1.29, 1.82) is 0 Å². The van der Waals surface area contributed by atoms with Gasteiger partial charge in [-0.05, 0) is 61.9 Å². The molecule has 0 saturated heterocycles. The maximum Gasteiger partial charge on any atom is 0.338 e. The molecule has 1 amide bonds. The van der Waals surface area contributed by atoms with E-state index in [1.165, 1.54) is 0 Å². The highest BCUT2D eigenvalue weighted by atomic mass is 35.5. The van der Waals surface area contributed by atoms with Crippen LogP contribution in [0.1, 0.15) is 30.1 Å². The average molecular weight is 523 g/mol. The molecule has 3 rings (SSSR count). The van der Waals surface area contributed by atoms with Gasteiger partial charge in [0.15, 0.2) is 11.5 Å². The molecule has 0 spiro atoms. The molecule has 0 radical (unpaired) electrons. The van der Waals surface area contributed by atoms with E-state index in [1.807, 2.05) is 0 Å². The monoisotopic (exact) mass is 521 g/mol. The first-order valence-electron chi connectivity index (χ1n) is 10.5. The number of carbonyl (C=O) groups excluding carboxylic acids is 2. The van der Waals surface area contributed by atoms with Gasteiger partial charge in [-0.2, -0.15) is 0 Å². The van der Waals surface area contributed by atoms with Gasteiger partial charge in [0, 0.05) is 28.2 Å². The standard InChI is InChI=1S/C25H22Cl3NO5/c1-2-32-25(31)16-5-3-6-19(13-16)29-24(30)7-4-12-33-23-15-18(27)9-11-22(23)34-21-10-8-17(26)14-20(21)28/h3,5-6,8-11,13-15H,2,4,7,12H2,1H3,(H,29,30). The molecule has 0 heterocycles. The van der Waals surface area contributed by atoms with Gasteiger partial charge in [0.2, 0.25) is 5.91 Å². The summed E-state index contributed by atoms with van der Waals surface area (Å²) in [6, 6.07) is 16.5. The van der Waals surface area contributed by atoms with E-state index in [-0.39, 0.29) is 25.5 Å². The van der Waals surface area contributed by atoms with Crippen LogP contribution in [0, 0.1) is 0 Å². The van der Waals surface area contributed by atoms with Crippen LogP contribution in [0.4, 0.5) is 5.69 Å². The van der Waals surface area contributed by atoms with E-state index >= 15 is 0 Å². The lowest BCUT2D eigenvalue weighted by Crippen LogP contribution is -2.13. The lowest BCUT2D eigenvalue weighted by molar-refractivity contribution is -0.116. The van der Waals surface area contributed by atoms with Gasteiger partial charge < -0.3 is 19.5 Å². The molecule has 0 atom stereocenters. The Hall–Kier alpha value is -2.93. The van der Waals surface area contributed by atoms with E-state index in [0.717, 1.165) is 0 Å². The summed E-state index contributed by atoms with van der Waals surface area (Å²) in [5, 5.41) is 4.10. The first-order chi connectivity index (χ1) is 16.4. The molecule has 0 unspecified atom stereocenters. The Balaban J connectivity index is 1.53. The van der Waals surface area contributed by atoms with E-state index in [4.69, 9.17) is 49.0 Å². The van der Waals surface area contributed by atoms with Gasteiger partial charge in [0.05, 0.1) is 23.8 Å². The van der Waals surface area contributed by atoms with Crippen LogP contribution in [-0.4, -0.2) is 25.1 Å². The van der Waals surface area contributed by atoms with Crippen molar-refractivity contribution in [3.63, 3.8) is 0 Å². The van der Waals surface area contributed by atoms with Crippen molar-refractivity contribution < 1.29 is 23.8 Å². The Morgan fingerprint density at radius 3 is 2.35 bits per heavy atom. The van der Waals surface area contributed by atoms with Gasteiger partial charge in [-0.25, -0.2) is 4.79 Å². The van der Waals surface area contributed by atoms with Gasteiger partial charge in [0.25, 0.3) is 0 Å². The lowest BCUT2D eigenvalue weighted by Gasteiger charge is -2.14. The third-order valence-electron chi connectivity index (χ3n) is 4.48. The summed E-state index contributed by atoms with van der Waals surface area (Å²) in [6.45, 7) is 2.26. The highest BCUT2D eigenvalue weighted by Gasteiger charge is 2.12. The summed E-state index contributed by atoms with van der Waals surface area (Å²) in [4.78, 5) is 24.1. The number of rotatable bonds is 10. The van der Waals surface area contributed by atoms with Crippen LogP contribution in [-0.2, 0) is 9.53 Å². The molecule has 0 aliphatic carbocycles. The second-order valence-corrected chi connectivity index (χ2v) is 8.35. The van der Waals surface area contributed by atoms with Gasteiger partial charge >= 0.3 is 5.97 Å². The Bertz CT molecular complexity index is 1170. The largest absolute Gasteiger partial charge is 0.490 e. The number of anilines is 1. The van der Waals surface area contributed by atoms with Crippen LogP contribution in [0.3, 0.4) is 0 Å². The molecule has 0 aliphatic rings. The van der Waals surface area contributed by atoms with Crippen LogP contribution < -0.4 is 14.8 Å². The molecule has 6 nitrogen and oxygen atoms in total. The van der Waals surface area contributed by atoms with E-state index in [2.05, 4.69) is 5.32 Å². The highest BCUT2D eigenvalue weighted by molar-refractivity contribution is 6.35. The van der Waals surface area contributed by atoms with Crippen molar-refractivity contribution in [1.82, 2.24) is 0 Å². The number of esters is 1. The highest BCUT2D eigenvalue weighted by Crippen LogP contribution is 2.37. The first kappa shape index (κ1) is 25.7. The van der Waals surface area contributed by atoms with Crippen LogP contribution in [0.15, 0.2) is 60.7 Å². The Labute approximate surface area is 212 Å². The minimum absolute atomic E-state index is 0.208. The summed E-state index contributed by atoms with van der Waals surface area (Å²) in [6.07, 6.45) is 0.653. The second kappa shape index (κ2) is 12.5. The predicted octanol–water partition coefficient (Wildman–Crippen LogP) is 7.41. The minimum atomic E-state index is -0.438. The Morgan fingerprint density at radius 1 is 0.882 bits per heavy atom. The van der Waals surface area contributed by atoms with E-state index < -0.39 is 5.97 Å². The number of hydrogen-bond acceptors (Lipinski definition) is 5. The quantitative estimate of drug-likeness (QED) is 0.222. The lowest BCUT2D eigenvalue weighted by atomic mass is 10.2. The van der Waals surface area contributed by atoms with E-state index in [1.54, 1.807) is 67.6 Å². The van der Waals surface area contributed by atoms with Gasteiger partial charge in [-0.1, -0.05) is 40.9 Å². The summed E-state index contributed by atoms with van der Waals surface area (Å²) in [5.41, 5.74) is 0.888. The van der Waals surface area contributed by atoms with Crippen molar-refractivity contribution in [2.75, 3.05) is 18.5 Å². The molecule has 1 N–H and O–H groups in total. The second-order valence-electron chi connectivity index (χ2n) is 7.07. The summed E-state index contributed by atoms with van der Waals surface area (Å²) in [7, 11) is 0. The van der Waals surface area contributed by atoms with E-state index in [9.17, 15) is 9.59 Å². The van der Waals surface area contributed by atoms with Crippen molar-refractivity contribution in [2.24, 2.45) is 0 Å². The Kier molecular flexibility index (Phi) is 9.45. The molecule has 0 aromatic heterocycles. The average Bonchev–Trinajstić information content (AvgIpc) is 2.80. The zero-order valence-corrected chi connectivity index (χ0v) is 20.5. The topological polar surface area (TPSA) is 73.9 Å². The fraction of sp³-hybridized carbons (Fsp3) is 0.200. The minimum Gasteiger partial charge on any atom is -0.490 e. The third-order valence-corrected chi connectivity index (χ3v) is 5.25. The smallest absolute Gasteiger partial charge is 0.338 e. The number of nitrogens with one attached hydrogen (secondary N) is 1. The maximum absolute atomic E-state index is 12.3. The summed E-state index contributed by atoms with van der Waals surface area (Å²) in [5.74, 6) is 0.615. The number of benzene rings is 3. The van der Waals surface area contributed by atoms with Crippen LogP contribution >= 0.6 is 34.8 Å². The van der Waals surface area contributed by atoms with Crippen LogP contribution in [0.2, 0.25) is 15.1 Å². The molecular formula is C25H22Cl3NO5. The van der Waals surface area contributed by atoms with Crippen LogP contribution in [0.25, 0.3) is 0 Å². The molecule has 3 aromatic rings. The van der Waals surface area contributed by atoms with Gasteiger partial charge in [-0.3, -0.25) is 4.79 Å². The molecule has 34 heavy (non-hydrogen) atoms. The molecule has 0 bridgehead atoms. The van der Waals surface area contributed by atoms with Crippen molar-refractivity contribution >= 4 is 52.4 Å². The van der Waals surface area contributed by atoms with Gasteiger partial charge in [-0.15, -0.1) is 0 Å². The molecule has 0 aliphatic heterocycles. The number of amides is 1. The fourth-order valence-electron chi connectivity index (χ4n) is 2.93. The maximum atomic E-state index is 12.3. The number of hydrogen-bond donors (Lipinski definition) is 1. The number of ether oxygens (including phenoxy) is 3. The number of halogens is 3. The summed E-state index contributed by atoms with van der Waals surface area (Å²) < 4.78 is 16.7. The zero-order valence-electron chi connectivity index (χ0n) is 18.3. The fourth-order valence-corrected chi connectivity index (χ4v) is 3.54. The first-order valence-corrected chi connectivity index (χ1v) is 11.6. The third kappa shape index (κ3) is 7.55. The SMILES string of the molecule is CCOC(=O)c1cccc(NC(=O)CCCOc2cc(Cl)ccc2Oc2ccc(Cl)cc2Cl)c1. The molecule has 9 heteroatoms. The van der Waals surface area contributed by atoms with Crippen molar-refractivity contribution in [3.05, 3.63) is 81.3 Å². The molecule has 0 fully saturated rings. The van der Waals surface area contributed by atoms with Crippen LogP contribution in [0.5, 0.6) is 17.2 Å². The summed E-state index contributed by atoms with van der Waals surface area (Å²) >= 11 is 18.2. The predicted molar refractivity (Wildman–Crippen MR) is 134 cm³/mol. The molecule has 0 saturated carbocycles. The molecular weight excluding hydrogens is 501 g/mol. The Morgan fingerprint density at radius 2 is 1.62 bits per heavy atom.